The highest BCUT2D eigenvalue weighted by Crippen LogP contribution is 2.24. The minimum absolute atomic E-state index is 0.117. The highest BCUT2D eigenvalue weighted by atomic mass is 16.5. The zero-order valence-corrected chi connectivity index (χ0v) is 11.3. The van der Waals surface area contributed by atoms with Crippen LogP contribution < -0.4 is 15.8 Å². The number of nitrogens with one attached hydrogen (secondary N) is 1. The van der Waals surface area contributed by atoms with Crippen LogP contribution in [0.2, 0.25) is 0 Å². The molecular weight excluding hydrogens is 212 g/mol. The van der Waals surface area contributed by atoms with Crippen LogP contribution in [0, 0.1) is 5.41 Å². The standard InChI is InChI=1S/C14H24N2O/c1-5-11-8-12(6-7-13(11)17-4)16-10-14(2,3)9-15/h6-8,16H,5,9-10,15H2,1-4H3. The van der Waals surface area contributed by atoms with E-state index in [-0.39, 0.29) is 5.41 Å². The van der Waals surface area contributed by atoms with Gasteiger partial charge in [-0.1, -0.05) is 20.8 Å². The molecule has 3 heteroatoms. The van der Waals surface area contributed by atoms with E-state index in [1.807, 2.05) is 12.1 Å². The largest absolute Gasteiger partial charge is 0.496 e. The monoisotopic (exact) mass is 236 g/mol. The number of rotatable bonds is 6. The third-order valence-electron chi connectivity index (χ3n) is 2.98. The van der Waals surface area contributed by atoms with Gasteiger partial charge in [0, 0.05) is 12.2 Å². The quantitative estimate of drug-likeness (QED) is 0.798. The molecule has 3 nitrogen and oxygen atoms in total. The van der Waals surface area contributed by atoms with E-state index >= 15 is 0 Å². The van der Waals surface area contributed by atoms with E-state index in [0.29, 0.717) is 6.54 Å². The molecule has 0 bridgehead atoms. The second kappa shape index (κ2) is 5.92. The average molecular weight is 236 g/mol. The van der Waals surface area contributed by atoms with Crippen molar-refractivity contribution in [1.82, 2.24) is 0 Å². The maximum Gasteiger partial charge on any atom is 0.122 e. The van der Waals surface area contributed by atoms with Gasteiger partial charge in [-0.25, -0.2) is 0 Å². The Morgan fingerprint density at radius 2 is 2.06 bits per heavy atom. The smallest absolute Gasteiger partial charge is 0.122 e. The van der Waals surface area contributed by atoms with Crippen molar-refractivity contribution in [1.29, 1.82) is 0 Å². The fraction of sp³-hybridized carbons (Fsp3) is 0.571. The fourth-order valence-corrected chi connectivity index (χ4v) is 1.58. The lowest BCUT2D eigenvalue weighted by Gasteiger charge is -2.23. The minimum atomic E-state index is 0.117. The lowest BCUT2D eigenvalue weighted by molar-refractivity contribution is 0.405. The van der Waals surface area contributed by atoms with Crippen molar-refractivity contribution < 1.29 is 4.74 Å². The predicted molar refractivity (Wildman–Crippen MR) is 73.7 cm³/mol. The summed E-state index contributed by atoms with van der Waals surface area (Å²) in [6.45, 7) is 8.00. The van der Waals surface area contributed by atoms with Gasteiger partial charge in [0.05, 0.1) is 7.11 Å². The number of ether oxygens (including phenoxy) is 1. The molecule has 0 atom stereocenters. The lowest BCUT2D eigenvalue weighted by Crippen LogP contribution is -2.31. The molecule has 0 aliphatic heterocycles. The van der Waals surface area contributed by atoms with Gasteiger partial charge in [0.1, 0.15) is 5.75 Å². The van der Waals surface area contributed by atoms with Crippen molar-refractivity contribution in [3.63, 3.8) is 0 Å². The van der Waals surface area contributed by atoms with Gasteiger partial charge in [0.2, 0.25) is 0 Å². The molecule has 0 spiro atoms. The Balaban J connectivity index is 2.73. The van der Waals surface area contributed by atoms with Crippen LogP contribution in [0.4, 0.5) is 5.69 Å². The summed E-state index contributed by atoms with van der Waals surface area (Å²) >= 11 is 0. The Hall–Kier alpha value is -1.22. The zero-order valence-electron chi connectivity index (χ0n) is 11.3. The zero-order chi connectivity index (χ0) is 12.9. The summed E-state index contributed by atoms with van der Waals surface area (Å²) in [5, 5.41) is 3.43. The molecule has 0 aliphatic carbocycles. The summed E-state index contributed by atoms with van der Waals surface area (Å²) in [7, 11) is 1.71. The van der Waals surface area contributed by atoms with Crippen molar-refractivity contribution in [3.8, 4) is 5.75 Å². The van der Waals surface area contributed by atoms with Crippen LogP contribution in [0.1, 0.15) is 26.3 Å². The molecule has 0 saturated heterocycles. The van der Waals surface area contributed by atoms with Gasteiger partial charge < -0.3 is 15.8 Å². The fourth-order valence-electron chi connectivity index (χ4n) is 1.58. The first kappa shape index (κ1) is 13.8. The molecular formula is C14H24N2O. The van der Waals surface area contributed by atoms with Crippen LogP contribution in [0.25, 0.3) is 0 Å². The van der Waals surface area contributed by atoms with E-state index < -0.39 is 0 Å². The summed E-state index contributed by atoms with van der Waals surface area (Å²) in [5.74, 6) is 0.955. The Kier molecular flexibility index (Phi) is 4.82. The van der Waals surface area contributed by atoms with Crippen LogP contribution >= 0.6 is 0 Å². The molecule has 0 aromatic heterocycles. The third-order valence-corrected chi connectivity index (χ3v) is 2.98. The number of benzene rings is 1. The number of hydrogen-bond acceptors (Lipinski definition) is 3. The minimum Gasteiger partial charge on any atom is -0.496 e. The second-order valence-electron chi connectivity index (χ2n) is 5.10. The normalized spacial score (nSPS) is 11.4. The highest BCUT2D eigenvalue weighted by Gasteiger charge is 2.15. The molecule has 17 heavy (non-hydrogen) atoms. The number of anilines is 1. The van der Waals surface area contributed by atoms with Crippen LogP contribution in [-0.2, 0) is 6.42 Å². The summed E-state index contributed by atoms with van der Waals surface area (Å²) in [4.78, 5) is 0. The Morgan fingerprint density at radius 1 is 1.35 bits per heavy atom. The molecule has 0 fully saturated rings. The summed E-state index contributed by atoms with van der Waals surface area (Å²) in [6.07, 6.45) is 0.971. The Labute approximate surface area is 104 Å². The third kappa shape index (κ3) is 3.93. The van der Waals surface area contributed by atoms with Gasteiger partial charge in [-0.2, -0.15) is 0 Å². The number of methoxy groups -OCH3 is 1. The Bertz CT molecular complexity index is 361. The molecule has 1 aromatic carbocycles. The predicted octanol–water partition coefficient (Wildman–Crippen LogP) is 2.65. The summed E-state index contributed by atoms with van der Waals surface area (Å²) in [6, 6.07) is 6.20. The highest BCUT2D eigenvalue weighted by molar-refractivity contribution is 5.51. The van der Waals surface area contributed by atoms with Crippen molar-refractivity contribution in [2.45, 2.75) is 27.2 Å². The molecule has 0 unspecified atom stereocenters. The number of hydrogen-bond donors (Lipinski definition) is 2. The maximum absolute atomic E-state index is 5.71. The molecule has 1 rings (SSSR count). The van der Waals surface area contributed by atoms with Crippen LogP contribution in [-0.4, -0.2) is 20.2 Å². The van der Waals surface area contributed by atoms with Crippen LogP contribution in [0.3, 0.4) is 0 Å². The first-order chi connectivity index (χ1) is 8.02. The van der Waals surface area contributed by atoms with E-state index in [4.69, 9.17) is 10.5 Å². The lowest BCUT2D eigenvalue weighted by atomic mass is 9.94. The van der Waals surface area contributed by atoms with Gasteiger partial charge in [-0.05, 0) is 42.1 Å². The van der Waals surface area contributed by atoms with E-state index in [0.717, 1.165) is 24.4 Å². The van der Waals surface area contributed by atoms with Gasteiger partial charge in [0.25, 0.3) is 0 Å². The Morgan fingerprint density at radius 3 is 2.59 bits per heavy atom. The van der Waals surface area contributed by atoms with Crippen LogP contribution in [0.5, 0.6) is 5.75 Å². The molecule has 0 heterocycles. The molecule has 0 aliphatic rings. The van der Waals surface area contributed by atoms with Crippen molar-refractivity contribution in [2.75, 3.05) is 25.5 Å². The topological polar surface area (TPSA) is 47.3 Å². The van der Waals surface area contributed by atoms with E-state index in [1.54, 1.807) is 7.11 Å². The second-order valence-corrected chi connectivity index (χ2v) is 5.10. The first-order valence-corrected chi connectivity index (χ1v) is 6.13. The van der Waals surface area contributed by atoms with E-state index in [9.17, 15) is 0 Å². The number of aryl methyl sites for hydroxylation is 1. The molecule has 96 valence electrons. The molecule has 0 radical (unpaired) electrons. The molecule has 1 aromatic rings. The van der Waals surface area contributed by atoms with E-state index in [1.165, 1.54) is 5.56 Å². The number of nitrogens with two attached hydrogens (primary N) is 1. The molecule has 3 N–H and O–H groups in total. The van der Waals surface area contributed by atoms with Gasteiger partial charge in [0.15, 0.2) is 0 Å². The van der Waals surface area contributed by atoms with Crippen LogP contribution in [0.15, 0.2) is 18.2 Å². The SMILES string of the molecule is CCc1cc(NCC(C)(C)CN)ccc1OC. The van der Waals surface area contributed by atoms with E-state index in [2.05, 4.69) is 32.2 Å². The van der Waals surface area contributed by atoms with Crippen molar-refractivity contribution >= 4 is 5.69 Å². The average Bonchev–Trinajstić information content (AvgIpc) is 2.36. The van der Waals surface area contributed by atoms with Gasteiger partial charge >= 0.3 is 0 Å². The van der Waals surface area contributed by atoms with Crippen molar-refractivity contribution in [3.05, 3.63) is 23.8 Å². The summed E-state index contributed by atoms with van der Waals surface area (Å²) < 4.78 is 5.31. The van der Waals surface area contributed by atoms with Crippen molar-refractivity contribution in [2.24, 2.45) is 11.1 Å². The van der Waals surface area contributed by atoms with Gasteiger partial charge in [-0.3, -0.25) is 0 Å². The maximum atomic E-state index is 5.71. The van der Waals surface area contributed by atoms with Gasteiger partial charge in [-0.15, -0.1) is 0 Å². The summed E-state index contributed by atoms with van der Waals surface area (Å²) in [5.41, 5.74) is 8.18. The molecule has 0 amide bonds. The molecule has 0 saturated carbocycles. The first-order valence-electron chi connectivity index (χ1n) is 6.13.